The highest BCUT2D eigenvalue weighted by atomic mass is 32.1. The zero-order chi connectivity index (χ0) is 25.2. The van der Waals surface area contributed by atoms with Crippen LogP contribution in [0, 0.1) is 0 Å². The Morgan fingerprint density at radius 3 is 2.64 bits per heavy atom. The topological polar surface area (TPSA) is 83.4 Å². The number of carbonyl (C=O) groups is 1. The molecule has 0 bridgehead atoms. The molecule has 2 aromatic carbocycles. The van der Waals surface area contributed by atoms with Crippen LogP contribution in [-0.2, 0) is 24.9 Å². The summed E-state index contributed by atoms with van der Waals surface area (Å²) < 4.78 is 1.58. The summed E-state index contributed by atoms with van der Waals surface area (Å²) in [6.07, 6.45) is 1.65. The molecule has 1 aliphatic rings. The van der Waals surface area contributed by atoms with Crippen LogP contribution < -0.4 is 15.8 Å². The van der Waals surface area contributed by atoms with Gasteiger partial charge in [0.05, 0.1) is 0 Å². The van der Waals surface area contributed by atoms with E-state index < -0.39 is 0 Å². The number of nitrogens with zero attached hydrogens (tertiary/aromatic N) is 5. The Hall–Kier alpha value is -3.56. The summed E-state index contributed by atoms with van der Waals surface area (Å²) in [4.78, 5) is 40.6. The van der Waals surface area contributed by atoms with Crippen molar-refractivity contribution in [2.45, 2.75) is 32.0 Å². The molecule has 0 saturated carbocycles. The molecule has 1 fully saturated rings. The summed E-state index contributed by atoms with van der Waals surface area (Å²) in [5.41, 5.74) is 3.26. The Labute approximate surface area is 214 Å². The fraction of sp³-hybridized carbons (Fsp3) is 0.333. The van der Waals surface area contributed by atoms with Gasteiger partial charge in [0.15, 0.2) is 15.5 Å². The lowest BCUT2D eigenvalue weighted by atomic mass is 10.1. The van der Waals surface area contributed by atoms with E-state index in [2.05, 4.69) is 21.3 Å². The molecule has 1 saturated heterocycles. The van der Waals surface area contributed by atoms with Gasteiger partial charge in [0.2, 0.25) is 5.91 Å². The van der Waals surface area contributed by atoms with Crippen molar-refractivity contribution in [1.82, 2.24) is 24.8 Å². The number of aromatic nitrogens is 3. The highest BCUT2D eigenvalue weighted by Crippen LogP contribution is 2.33. The number of thiazole rings is 1. The maximum atomic E-state index is 13.3. The maximum Gasteiger partial charge on any atom is 0.281 e. The van der Waals surface area contributed by atoms with Crippen LogP contribution in [0.4, 0.5) is 5.13 Å². The summed E-state index contributed by atoms with van der Waals surface area (Å²) in [6, 6.07) is 17.6. The van der Waals surface area contributed by atoms with E-state index in [1.165, 1.54) is 11.3 Å². The van der Waals surface area contributed by atoms with Gasteiger partial charge in [-0.25, -0.2) is 9.97 Å². The number of carbonyl (C=O) groups excluding carboxylic acids is 1. The molecule has 2 aromatic heterocycles. The second-order valence-electron chi connectivity index (χ2n) is 9.40. The van der Waals surface area contributed by atoms with E-state index >= 15 is 0 Å². The van der Waals surface area contributed by atoms with Gasteiger partial charge in [-0.3, -0.25) is 14.2 Å². The number of nitrogens with one attached hydrogen (secondary N) is 1. The normalized spacial score (nSPS) is 15.7. The van der Waals surface area contributed by atoms with Gasteiger partial charge in [0.25, 0.3) is 5.56 Å². The average molecular weight is 503 g/mol. The zero-order valence-corrected chi connectivity index (χ0v) is 21.6. The van der Waals surface area contributed by atoms with Crippen LogP contribution in [0.2, 0.25) is 0 Å². The molecule has 9 heteroatoms. The Bertz CT molecular complexity index is 1450. The van der Waals surface area contributed by atoms with Crippen molar-refractivity contribution in [3.63, 3.8) is 0 Å². The molecule has 0 aliphatic carbocycles. The van der Waals surface area contributed by atoms with Crippen LogP contribution in [0.3, 0.4) is 0 Å². The molecule has 0 radical (unpaired) electrons. The van der Waals surface area contributed by atoms with Crippen molar-refractivity contribution in [2.24, 2.45) is 7.05 Å². The molecule has 36 heavy (non-hydrogen) atoms. The number of hydrogen-bond acceptors (Lipinski definition) is 7. The van der Waals surface area contributed by atoms with E-state index in [1.807, 2.05) is 67.5 Å². The highest BCUT2D eigenvalue weighted by Gasteiger charge is 2.33. The highest BCUT2D eigenvalue weighted by molar-refractivity contribution is 7.21. The van der Waals surface area contributed by atoms with Crippen LogP contribution in [-0.4, -0.2) is 52.0 Å². The third kappa shape index (κ3) is 4.76. The summed E-state index contributed by atoms with van der Waals surface area (Å²) in [6.45, 7) is 1.95. The molecule has 1 aliphatic heterocycles. The third-order valence-corrected chi connectivity index (χ3v) is 7.47. The molecule has 1 amide bonds. The van der Waals surface area contributed by atoms with E-state index in [0.717, 1.165) is 42.6 Å². The van der Waals surface area contributed by atoms with Crippen molar-refractivity contribution < 1.29 is 4.79 Å². The standard InChI is InChI=1S/C27H30N6O2S/c1-31(2)17-19-12-7-8-13-20(19)23-30-25-22(26(35)32(23)3)29-27(36-25)33-15-9-14-21(33)24(34)28-16-18-10-5-4-6-11-18/h4-8,10-13,21H,9,14-17H2,1-3H3,(H,28,34). The first-order valence-electron chi connectivity index (χ1n) is 12.1. The van der Waals surface area contributed by atoms with E-state index in [1.54, 1.807) is 11.6 Å². The number of fused-ring (bicyclic) bond motifs is 1. The van der Waals surface area contributed by atoms with Crippen LogP contribution in [0.15, 0.2) is 59.4 Å². The van der Waals surface area contributed by atoms with Crippen LogP contribution in [0.5, 0.6) is 0 Å². The van der Waals surface area contributed by atoms with Gasteiger partial charge < -0.3 is 15.1 Å². The van der Waals surface area contributed by atoms with Crippen molar-refractivity contribution in [2.75, 3.05) is 25.5 Å². The van der Waals surface area contributed by atoms with Crippen molar-refractivity contribution >= 4 is 32.7 Å². The molecule has 1 N–H and O–H groups in total. The van der Waals surface area contributed by atoms with E-state index in [0.29, 0.717) is 27.8 Å². The zero-order valence-electron chi connectivity index (χ0n) is 20.8. The largest absolute Gasteiger partial charge is 0.350 e. The Kier molecular flexibility index (Phi) is 6.84. The van der Waals surface area contributed by atoms with Crippen molar-refractivity contribution in [3.8, 4) is 11.4 Å². The fourth-order valence-corrected chi connectivity index (χ4v) is 5.70. The van der Waals surface area contributed by atoms with Gasteiger partial charge in [-0.05, 0) is 38.1 Å². The smallest absolute Gasteiger partial charge is 0.281 e. The lowest BCUT2D eigenvalue weighted by molar-refractivity contribution is -0.122. The van der Waals surface area contributed by atoms with Crippen molar-refractivity contribution in [3.05, 3.63) is 76.1 Å². The molecule has 186 valence electrons. The van der Waals surface area contributed by atoms with Crippen LogP contribution in [0.25, 0.3) is 21.7 Å². The number of hydrogen-bond donors (Lipinski definition) is 1. The minimum absolute atomic E-state index is 0.0187. The summed E-state index contributed by atoms with van der Waals surface area (Å²) in [7, 11) is 5.78. The third-order valence-electron chi connectivity index (χ3n) is 6.49. The molecule has 1 unspecified atom stereocenters. The van der Waals surface area contributed by atoms with E-state index in [-0.39, 0.29) is 17.5 Å². The molecule has 1 atom stereocenters. The summed E-state index contributed by atoms with van der Waals surface area (Å²) in [5, 5.41) is 3.73. The molecule has 3 heterocycles. The molecule has 5 rings (SSSR count). The summed E-state index contributed by atoms with van der Waals surface area (Å²) >= 11 is 1.38. The van der Waals surface area contributed by atoms with Gasteiger partial charge in [-0.15, -0.1) is 0 Å². The molecular formula is C27H30N6O2S. The number of rotatable bonds is 7. The first kappa shape index (κ1) is 24.1. The maximum absolute atomic E-state index is 13.3. The van der Waals surface area contributed by atoms with Crippen LogP contribution >= 0.6 is 11.3 Å². The second kappa shape index (κ2) is 10.2. The minimum atomic E-state index is -0.307. The Morgan fingerprint density at radius 1 is 1.11 bits per heavy atom. The predicted octanol–water partition coefficient (Wildman–Crippen LogP) is 3.40. The quantitative estimate of drug-likeness (QED) is 0.417. The van der Waals surface area contributed by atoms with Gasteiger partial charge >= 0.3 is 0 Å². The van der Waals surface area contributed by atoms with Crippen LogP contribution in [0.1, 0.15) is 24.0 Å². The number of anilines is 1. The predicted molar refractivity (Wildman–Crippen MR) is 144 cm³/mol. The molecule has 4 aromatic rings. The number of benzene rings is 2. The SMILES string of the molecule is CN(C)Cc1ccccc1-c1nc2sc(N3CCCC3C(=O)NCc3ccccc3)nc2c(=O)n1C. The Balaban J connectivity index is 1.45. The Morgan fingerprint density at radius 2 is 1.86 bits per heavy atom. The number of amides is 1. The first-order chi connectivity index (χ1) is 17.4. The average Bonchev–Trinajstić information content (AvgIpc) is 3.53. The molecule has 8 nitrogen and oxygen atoms in total. The summed E-state index contributed by atoms with van der Waals surface area (Å²) in [5.74, 6) is 0.605. The lowest BCUT2D eigenvalue weighted by Gasteiger charge is -2.23. The first-order valence-corrected chi connectivity index (χ1v) is 12.9. The fourth-order valence-electron chi connectivity index (χ4n) is 4.69. The van der Waals surface area contributed by atoms with E-state index in [4.69, 9.17) is 4.98 Å². The van der Waals surface area contributed by atoms with E-state index in [9.17, 15) is 9.59 Å². The second-order valence-corrected chi connectivity index (χ2v) is 10.4. The lowest BCUT2D eigenvalue weighted by Crippen LogP contribution is -2.43. The van der Waals surface area contributed by atoms with Crippen molar-refractivity contribution in [1.29, 1.82) is 0 Å². The molecule has 0 spiro atoms. The van der Waals surface area contributed by atoms with Gasteiger partial charge in [-0.2, -0.15) is 0 Å². The van der Waals surface area contributed by atoms with Gasteiger partial charge in [0, 0.05) is 32.2 Å². The monoisotopic (exact) mass is 502 g/mol. The van der Waals surface area contributed by atoms with Gasteiger partial charge in [0.1, 0.15) is 11.9 Å². The molecular weight excluding hydrogens is 472 g/mol. The minimum Gasteiger partial charge on any atom is -0.350 e. The van der Waals surface area contributed by atoms with Gasteiger partial charge in [-0.1, -0.05) is 65.9 Å².